The number of hydrogen-bond donors (Lipinski definition) is 2. The summed E-state index contributed by atoms with van der Waals surface area (Å²) in [5, 5.41) is 6.65. The topological polar surface area (TPSA) is 27.3 Å². The minimum absolute atomic E-state index is 0.751. The van der Waals surface area contributed by atoms with Crippen LogP contribution in [-0.2, 0) is 0 Å². The molecule has 2 N–H and O–H groups in total. The quantitative estimate of drug-likeness (QED) is 0.542. The Morgan fingerprint density at radius 1 is 1.27 bits per heavy atom. The SMILES string of the molecule is CNCCN(CCI)[C@H]1CC[C@@H](NC)C1. The average Bonchev–Trinajstić information content (AvgIpc) is 2.72. The lowest BCUT2D eigenvalue weighted by Crippen LogP contribution is -2.40. The summed E-state index contributed by atoms with van der Waals surface area (Å²) in [6.07, 6.45) is 4.04. The summed E-state index contributed by atoms with van der Waals surface area (Å²) in [6, 6.07) is 1.56. The van der Waals surface area contributed by atoms with E-state index in [0.717, 1.165) is 18.6 Å². The van der Waals surface area contributed by atoms with Crippen LogP contribution in [0.25, 0.3) is 0 Å². The van der Waals surface area contributed by atoms with Crippen LogP contribution in [0.2, 0.25) is 0 Å². The third-order valence-corrected chi connectivity index (χ3v) is 3.83. The first-order valence-corrected chi connectivity index (χ1v) is 7.46. The zero-order chi connectivity index (χ0) is 11.1. The van der Waals surface area contributed by atoms with Gasteiger partial charge in [0.2, 0.25) is 0 Å². The Labute approximate surface area is 108 Å². The van der Waals surface area contributed by atoms with Gasteiger partial charge in [-0.15, -0.1) is 0 Å². The number of nitrogens with zero attached hydrogens (tertiary/aromatic N) is 1. The van der Waals surface area contributed by atoms with E-state index in [-0.39, 0.29) is 0 Å². The maximum absolute atomic E-state index is 3.40. The minimum atomic E-state index is 0.751. The zero-order valence-electron chi connectivity index (χ0n) is 9.93. The van der Waals surface area contributed by atoms with Crippen molar-refractivity contribution in [1.82, 2.24) is 15.5 Å². The Morgan fingerprint density at radius 2 is 2.07 bits per heavy atom. The molecule has 90 valence electrons. The lowest BCUT2D eigenvalue weighted by atomic mass is 10.2. The van der Waals surface area contributed by atoms with Gasteiger partial charge >= 0.3 is 0 Å². The maximum Gasteiger partial charge on any atom is 0.0123 e. The summed E-state index contributed by atoms with van der Waals surface area (Å²) >= 11 is 2.48. The molecule has 0 unspecified atom stereocenters. The lowest BCUT2D eigenvalue weighted by Gasteiger charge is -2.28. The molecule has 1 aliphatic rings. The highest BCUT2D eigenvalue weighted by Gasteiger charge is 2.27. The number of likely N-dealkylation sites (N-methyl/N-ethyl adjacent to an activating group) is 1. The number of alkyl halides is 1. The molecule has 0 aromatic carbocycles. The van der Waals surface area contributed by atoms with E-state index in [1.165, 1.54) is 36.8 Å². The Bertz CT molecular complexity index is 166. The fourth-order valence-corrected chi connectivity index (χ4v) is 3.01. The van der Waals surface area contributed by atoms with Crippen molar-refractivity contribution < 1.29 is 0 Å². The van der Waals surface area contributed by atoms with Crippen LogP contribution in [0.4, 0.5) is 0 Å². The molecule has 1 aliphatic carbocycles. The van der Waals surface area contributed by atoms with Crippen molar-refractivity contribution in [3.63, 3.8) is 0 Å². The monoisotopic (exact) mass is 325 g/mol. The standard InChI is InChI=1S/C11H24IN3/c1-13-6-8-15(7-5-12)11-4-3-10(9-11)14-2/h10-11,13-14H,3-9H2,1-2H3/t10-,11+/m1/s1. The van der Waals surface area contributed by atoms with Crippen molar-refractivity contribution in [3.8, 4) is 0 Å². The smallest absolute Gasteiger partial charge is 0.0123 e. The molecule has 1 saturated carbocycles. The molecule has 1 fully saturated rings. The molecule has 0 amide bonds. The van der Waals surface area contributed by atoms with E-state index in [0.29, 0.717) is 0 Å². The molecule has 0 saturated heterocycles. The van der Waals surface area contributed by atoms with Crippen molar-refractivity contribution >= 4 is 22.6 Å². The summed E-state index contributed by atoms with van der Waals surface area (Å²) < 4.78 is 1.24. The second-order valence-electron chi connectivity index (χ2n) is 4.28. The Hall–Kier alpha value is 0.610. The molecular weight excluding hydrogens is 301 g/mol. The molecule has 0 aromatic heterocycles. The van der Waals surface area contributed by atoms with Crippen LogP contribution in [0.15, 0.2) is 0 Å². The van der Waals surface area contributed by atoms with Gasteiger partial charge < -0.3 is 10.6 Å². The predicted octanol–water partition coefficient (Wildman–Crippen LogP) is 1.08. The summed E-state index contributed by atoms with van der Waals surface area (Å²) in [7, 11) is 4.12. The summed E-state index contributed by atoms with van der Waals surface area (Å²) in [4.78, 5) is 2.65. The van der Waals surface area contributed by atoms with E-state index in [1.807, 2.05) is 7.05 Å². The summed E-state index contributed by atoms with van der Waals surface area (Å²) in [5.74, 6) is 0. The second-order valence-corrected chi connectivity index (χ2v) is 5.36. The Kier molecular flexibility index (Phi) is 7.12. The predicted molar refractivity (Wildman–Crippen MR) is 74.9 cm³/mol. The molecule has 0 aromatic rings. The normalized spacial score (nSPS) is 26.4. The first kappa shape index (κ1) is 13.7. The number of hydrogen-bond acceptors (Lipinski definition) is 3. The summed E-state index contributed by atoms with van der Waals surface area (Å²) in [6.45, 7) is 3.54. The number of rotatable bonds is 7. The van der Waals surface area contributed by atoms with Crippen LogP contribution in [0.1, 0.15) is 19.3 Å². The fourth-order valence-electron chi connectivity index (χ4n) is 2.39. The van der Waals surface area contributed by atoms with Crippen LogP contribution in [-0.4, -0.2) is 55.1 Å². The third kappa shape index (κ3) is 4.54. The number of nitrogens with one attached hydrogen (secondary N) is 2. The zero-order valence-corrected chi connectivity index (χ0v) is 12.1. The highest BCUT2D eigenvalue weighted by atomic mass is 127. The van der Waals surface area contributed by atoms with Crippen LogP contribution < -0.4 is 10.6 Å². The van der Waals surface area contributed by atoms with E-state index < -0.39 is 0 Å². The van der Waals surface area contributed by atoms with Gasteiger partial charge in [-0.25, -0.2) is 0 Å². The van der Waals surface area contributed by atoms with E-state index >= 15 is 0 Å². The molecule has 15 heavy (non-hydrogen) atoms. The van der Waals surface area contributed by atoms with E-state index in [9.17, 15) is 0 Å². The molecule has 4 heteroatoms. The van der Waals surface area contributed by atoms with Gasteiger partial charge in [0.1, 0.15) is 0 Å². The van der Waals surface area contributed by atoms with Gasteiger partial charge in [0.15, 0.2) is 0 Å². The molecule has 0 heterocycles. The van der Waals surface area contributed by atoms with Crippen LogP contribution in [0, 0.1) is 0 Å². The molecule has 0 bridgehead atoms. The largest absolute Gasteiger partial charge is 0.318 e. The van der Waals surface area contributed by atoms with Crippen LogP contribution >= 0.6 is 22.6 Å². The van der Waals surface area contributed by atoms with Gasteiger partial charge in [0.05, 0.1) is 0 Å². The average molecular weight is 325 g/mol. The molecule has 3 nitrogen and oxygen atoms in total. The van der Waals surface area contributed by atoms with Gasteiger partial charge in [-0.05, 0) is 33.4 Å². The van der Waals surface area contributed by atoms with E-state index in [1.54, 1.807) is 0 Å². The van der Waals surface area contributed by atoms with Gasteiger partial charge in [-0.1, -0.05) is 22.6 Å². The maximum atomic E-state index is 3.40. The van der Waals surface area contributed by atoms with Crippen LogP contribution in [0.5, 0.6) is 0 Å². The van der Waals surface area contributed by atoms with Gasteiger partial charge in [-0.2, -0.15) is 0 Å². The highest BCUT2D eigenvalue weighted by Crippen LogP contribution is 2.23. The molecular formula is C11H24IN3. The molecule has 1 rings (SSSR count). The van der Waals surface area contributed by atoms with Gasteiger partial charge in [0.25, 0.3) is 0 Å². The summed E-state index contributed by atoms with van der Waals surface area (Å²) in [5.41, 5.74) is 0. The van der Waals surface area contributed by atoms with Crippen LogP contribution in [0.3, 0.4) is 0 Å². The van der Waals surface area contributed by atoms with E-state index in [4.69, 9.17) is 0 Å². The van der Waals surface area contributed by atoms with Gasteiger partial charge in [-0.3, -0.25) is 4.90 Å². The second kappa shape index (κ2) is 7.81. The molecule has 0 radical (unpaired) electrons. The fraction of sp³-hybridized carbons (Fsp3) is 1.00. The third-order valence-electron chi connectivity index (χ3n) is 3.35. The molecule has 2 atom stereocenters. The molecule has 0 spiro atoms. The Balaban J connectivity index is 2.34. The van der Waals surface area contributed by atoms with Crippen molar-refractivity contribution in [2.24, 2.45) is 0 Å². The van der Waals surface area contributed by atoms with E-state index in [2.05, 4.69) is 45.2 Å². The van der Waals surface area contributed by atoms with Crippen molar-refractivity contribution in [2.75, 3.05) is 38.2 Å². The Morgan fingerprint density at radius 3 is 2.60 bits per heavy atom. The minimum Gasteiger partial charge on any atom is -0.318 e. The van der Waals surface area contributed by atoms with Gasteiger partial charge in [0, 0.05) is 36.1 Å². The molecule has 0 aliphatic heterocycles. The lowest BCUT2D eigenvalue weighted by molar-refractivity contribution is 0.211. The van der Waals surface area contributed by atoms with Crippen molar-refractivity contribution in [2.45, 2.75) is 31.3 Å². The first-order valence-electron chi connectivity index (χ1n) is 5.93. The highest BCUT2D eigenvalue weighted by molar-refractivity contribution is 14.1. The number of halogens is 1. The van der Waals surface area contributed by atoms with Crippen molar-refractivity contribution in [1.29, 1.82) is 0 Å². The van der Waals surface area contributed by atoms with Crippen molar-refractivity contribution in [3.05, 3.63) is 0 Å². The first-order chi connectivity index (χ1) is 7.31.